The Morgan fingerprint density at radius 2 is 1.72 bits per heavy atom. The van der Waals surface area contributed by atoms with Crippen LogP contribution in [0.3, 0.4) is 0 Å². The van der Waals surface area contributed by atoms with E-state index >= 15 is 0 Å². The molecule has 9 heteroatoms. The lowest BCUT2D eigenvalue weighted by Crippen LogP contribution is -2.45. The van der Waals surface area contributed by atoms with Gasteiger partial charge in [0.05, 0.1) is 33.0 Å². The molecule has 0 heterocycles. The van der Waals surface area contributed by atoms with Crippen molar-refractivity contribution in [3.8, 4) is 0 Å². The van der Waals surface area contributed by atoms with Gasteiger partial charge in [0.1, 0.15) is 6.10 Å². The second-order valence-corrected chi connectivity index (χ2v) is 6.99. The third-order valence-electron chi connectivity index (χ3n) is 3.44. The fourth-order valence-corrected chi connectivity index (χ4v) is 2.23. The van der Waals surface area contributed by atoms with Crippen LogP contribution >= 0.6 is 0 Å². The molecule has 0 aromatic rings. The fourth-order valence-electron chi connectivity index (χ4n) is 2.23. The molecular formula is C16H30N4O5. The smallest absolute Gasteiger partial charge is 0.407 e. The van der Waals surface area contributed by atoms with E-state index in [2.05, 4.69) is 15.3 Å². The lowest BCUT2D eigenvalue weighted by molar-refractivity contribution is -0.0363. The summed E-state index contributed by atoms with van der Waals surface area (Å²) in [6, 6.07) is 0. The van der Waals surface area contributed by atoms with Crippen LogP contribution in [0.5, 0.6) is 0 Å². The molecule has 0 aliphatic heterocycles. The molecule has 0 unspecified atom stereocenters. The number of carbonyl (C=O) groups excluding carboxylic acids is 1. The van der Waals surface area contributed by atoms with E-state index in [0.717, 1.165) is 12.8 Å². The molecule has 0 atom stereocenters. The summed E-state index contributed by atoms with van der Waals surface area (Å²) in [5.41, 5.74) is 7.80. The van der Waals surface area contributed by atoms with Crippen molar-refractivity contribution in [2.75, 3.05) is 46.2 Å². The molecular weight excluding hydrogens is 328 g/mol. The Morgan fingerprint density at radius 3 is 2.32 bits per heavy atom. The van der Waals surface area contributed by atoms with Gasteiger partial charge >= 0.3 is 6.09 Å². The second-order valence-electron chi connectivity index (χ2n) is 6.99. The zero-order chi connectivity index (χ0) is 18.5. The normalized spacial score (nSPS) is 19.6. The number of hydrogen-bond donors (Lipinski definition) is 1. The Bertz CT molecular complexity index is 429. The summed E-state index contributed by atoms with van der Waals surface area (Å²) in [6.07, 6.45) is 1.33. The van der Waals surface area contributed by atoms with Gasteiger partial charge in [-0.2, -0.15) is 0 Å². The van der Waals surface area contributed by atoms with Crippen LogP contribution < -0.4 is 5.32 Å². The first kappa shape index (κ1) is 21.5. The van der Waals surface area contributed by atoms with Crippen molar-refractivity contribution in [2.45, 2.75) is 45.3 Å². The molecule has 0 radical (unpaired) electrons. The molecule has 0 spiro atoms. The zero-order valence-electron chi connectivity index (χ0n) is 15.4. The van der Waals surface area contributed by atoms with Crippen LogP contribution in [-0.2, 0) is 18.9 Å². The van der Waals surface area contributed by atoms with Gasteiger partial charge in [-0.3, -0.25) is 0 Å². The highest BCUT2D eigenvalue weighted by molar-refractivity contribution is 5.68. The first-order chi connectivity index (χ1) is 11.9. The summed E-state index contributed by atoms with van der Waals surface area (Å²) in [5.74, 6) is 0.441. The molecule has 25 heavy (non-hydrogen) atoms. The molecule has 1 rings (SSSR count). The molecule has 1 saturated carbocycles. The first-order valence-corrected chi connectivity index (χ1v) is 8.63. The lowest BCUT2D eigenvalue weighted by atomic mass is 9.83. The third kappa shape index (κ3) is 11.6. The second kappa shape index (κ2) is 11.9. The van der Waals surface area contributed by atoms with E-state index < -0.39 is 0 Å². The molecule has 1 aliphatic carbocycles. The van der Waals surface area contributed by atoms with E-state index in [-0.39, 0.29) is 17.7 Å². The van der Waals surface area contributed by atoms with Gasteiger partial charge in [-0.15, -0.1) is 0 Å². The Morgan fingerprint density at radius 1 is 1.12 bits per heavy atom. The molecule has 0 bridgehead atoms. The predicted molar refractivity (Wildman–Crippen MR) is 92.4 cm³/mol. The van der Waals surface area contributed by atoms with Gasteiger partial charge in [0.15, 0.2) is 0 Å². The van der Waals surface area contributed by atoms with Crippen LogP contribution in [0.4, 0.5) is 4.79 Å². The maximum absolute atomic E-state index is 11.6. The summed E-state index contributed by atoms with van der Waals surface area (Å²) >= 11 is 0. The van der Waals surface area contributed by atoms with E-state index in [0.29, 0.717) is 52.1 Å². The molecule has 1 aliphatic rings. The largest absolute Gasteiger partial charge is 0.446 e. The van der Waals surface area contributed by atoms with E-state index in [4.69, 9.17) is 24.5 Å². The van der Waals surface area contributed by atoms with Crippen molar-refractivity contribution in [1.82, 2.24) is 5.32 Å². The molecule has 1 amide bonds. The highest BCUT2D eigenvalue weighted by Crippen LogP contribution is 2.30. The van der Waals surface area contributed by atoms with Gasteiger partial charge in [-0.05, 0) is 45.1 Å². The van der Waals surface area contributed by atoms with Crippen molar-refractivity contribution in [3.05, 3.63) is 10.4 Å². The average molecular weight is 358 g/mol. The average Bonchev–Trinajstić information content (AvgIpc) is 2.47. The summed E-state index contributed by atoms with van der Waals surface area (Å²) < 4.78 is 21.4. The zero-order valence-corrected chi connectivity index (χ0v) is 15.4. The Labute approximate surface area is 149 Å². The summed E-state index contributed by atoms with van der Waals surface area (Å²) in [4.78, 5) is 14.2. The topological polar surface area (TPSA) is 115 Å². The van der Waals surface area contributed by atoms with Crippen molar-refractivity contribution in [2.24, 2.45) is 11.0 Å². The van der Waals surface area contributed by atoms with Gasteiger partial charge in [-0.25, -0.2) is 4.79 Å². The van der Waals surface area contributed by atoms with Crippen molar-refractivity contribution < 1.29 is 23.7 Å². The number of carbonyl (C=O) groups is 1. The molecule has 1 fully saturated rings. The van der Waals surface area contributed by atoms with E-state index in [1.807, 2.05) is 20.8 Å². The van der Waals surface area contributed by atoms with Crippen LogP contribution in [0.1, 0.15) is 33.6 Å². The molecule has 1 N–H and O–H groups in total. The Kier molecular flexibility index (Phi) is 10.3. The quantitative estimate of drug-likeness (QED) is 0.249. The minimum Gasteiger partial charge on any atom is -0.446 e. The molecule has 144 valence electrons. The Hall–Kier alpha value is -1.54. The van der Waals surface area contributed by atoms with Gasteiger partial charge in [0.2, 0.25) is 0 Å². The lowest BCUT2D eigenvalue weighted by Gasteiger charge is -2.35. The Balaban J connectivity index is 1.85. The van der Waals surface area contributed by atoms with Crippen LogP contribution in [-0.4, -0.2) is 63.9 Å². The number of ether oxygens (including phenoxy) is 4. The van der Waals surface area contributed by atoms with Gasteiger partial charge in [0, 0.05) is 23.6 Å². The van der Waals surface area contributed by atoms with Crippen molar-refractivity contribution in [3.63, 3.8) is 0 Å². The van der Waals surface area contributed by atoms with Gasteiger partial charge < -0.3 is 24.3 Å². The summed E-state index contributed by atoms with van der Waals surface area (Å²) in [5, 5.41) is 6.14. The summed E-state index contributed by atoms with van der Waals surface area (Å²) in [7, 11) is 0. The minimum absolute atomic E-state index is 0.00489. The van der Waals surface area contributed by atoms with Crippen molar-refractivity contribution in [1.29, 1.82) is 0 Å². The number of nitrogens with zero attached hydrogens (tertiary/aromatic N) is 3. The summed E-state index contributed by atoms with van der Waals surface area (Å²) in [6.45, 7) is 9.17. The number of rotatable bonds is 12. The van der Waals surface area contributed by atoms with Crippen LogP contribution in [0.25, 0.3) is 10.4 Å². The standard InChI is InChI=1S/C16H30N4O5/c1-16(2,3)19-15(21)25-14-10-13(11-14)12-24-9-8-23-7-6-22-5-4-18-20-17/h13-14H,4-12H2,1-3H3,(H,19,21). The van der Waals surface area contributed by atoms with Gasteiger partial charge in [-0.1, -0.05) is 5.11 Å². The predicted octanol–water partition coefficient (Wildman–Crippen LogP) is 2.65. The van der Waals surface area contributed by atoms with Crippen LogP contribution in [0.15, 0.2) is 5.11 Å². The number of amides is 1. The molecule has 0 aromatic heterocycles. The maximum atomic E-state index is 11.6. The van der Waals surface area contributed by atoms with E-state index in [1.165, 1.54) is 0 Å². The highest BCUT2D eigenvalue weighted by atomic mass is 16.6. The number of nitrogens with one attached hydrogen (secondary N) is 1. The third-order valence-corrected chi connectivity index (χ3v) is 3.44. The monoisotopic (exact) mass is 358 g/mol. The molecule has 9 nitrogen and oxygen atoms in total. The van der Waals surface area contributed by atoms with Crippen LogP contribution in [0, 0.1) is 5.92 Å². The van der Waals surface area contributed by atoms with Crippen molar-refractivity contribution >= 4 is 6.09 Å². The molecule has 0 saturated heterocycles. The number of alkyl carbamates (subject to hydrolysis) is 1. The first-order valence-electron chi connectivity index (χ1n) is 8.63. The fraction of sp³-hybridized carbons (Fsp3) is 0.938. The number of azide groups is 1. The highest BCUT2D eigenvalue weighted by Gasteiger charge is 2.32. The van der Waals surface area contributed by atoms with Crippen LogP contribution in [0.2, 0.25) is 0 Å². The van der Waals surface area contributed by atoms with E-state index in [1.54, 1.807) is 0 Å². The van der Waals surface area contributed by atoms with Gasteiger partial charge in [0.25, 0.3) is 0 Å². The number of hydrogen-bond acceptors (Lipinski definition) is 6. The SMILES string of the molecule is CC(C)(C)NC(=O)OC1CC(COCCOCCOCCN=[N+]=[N-])C1. The van der Waals surface area contributed by atoms with E-state index in [9.17, 15) is 4.79 Å². The molecule has 0 aromatic carbocycles. The minimum atomic E-state index is -0.355. The maximum Gasteiger partial charge on any atom is 0.407 e.